The van der Waals surface area contributed by atoms with E-state index in [-0.39, 0.29) is 11.3 Å². The molecule has 0 aliphatic heterocycles. The van der Waals surface area contributed by atoms with Crippen molar-refractivity contribution in [2.75, 3.05) is 0 Å². The predicted molar refractivity (Wildman–Crippen MR) is 55.9 cm³/mol. The number of halogens is 2. The maximum absolute atomic E-state index is 13.5. The highest BCUT2D eigenvalue weighted by atomic mass is 79.9. The van der Waals surface area contributed by atoms with Crippen molar-refractivity contribution in [3.8, 4) is 0 Å². The van der Waals surface area contributed by atoms with Gasteiger partial charge in [-0.2, -0.15) is 0 Å². The quantitative estimate of drug-likeness (QED) is 0.696. The molecule has 0 aromatic heterocycles. The van der Waals surface area contributed by atoms with Gasteiger partial charge in [0.2, 0.25) is 0 Å². The monoisotopic (exact) mass is 256 g/mol. The van der Waals surface area contributed by atoms with Crippen LogP contribution in [0.3, 0.4) is 0 Å². The first-order valence-corrected chi connectivity index (χ1v) is 5.24. The SMILES string of the molecule is CC1(C)Cc2cc(Br)cc(F)c2C1=O. The molecule has 0 N–H and O–H groups in total. The highest BCUT2D eigenvalue weighted by Gasteiger charge is 2.39. The molecular weight excluding hydrogens is 247 g/mol. The van der Waals surface area contributed by atoms with Crippen molar-refractivity contribution in [2.24, 2.45) is 5.41 Å². The standard InChI is InChI=1S/C11H10BrFO/c1-11(2)5-6-3-7(12)4-8(13)9(6)10(11)14/h3-4H,5H2,1-2H3. The molecule has 1 aromatic rings. The number of carbonyl (C=O) groups excluding carboxylic acids is 1. The number of benzene rings is 1. The molecule has 0 saturated heterocycles. The third-order valence-electron chi connectivity index (χ3n) is 2.61. The van der Waals surface area contributed by atoms with E-state index < -0.39 is 11.2 Å². The first kappa shape index (κ1) is 9.84. The van der Waals surface area contributed by atoms with Crippen molar-refractivity contribution in [3.05, 3.63) is 33.5 Å². The first-order valence-electron chi connectivity index (χ1n) is 4.44. The van der Waals surface area contributed by atoms with Gasteiger partial charge in [-0.15, -0.1) is 0 Å². The number of carbonyl (C=O) groups is 1. The molecule has 0 unspecified atom stereocenters. The lowest BCUT2D eigenvalue weighted by Gasteiger charge is -2.13. The largest absolute Gasteiger partial charge is 0.293 e. The number of hydrogen-bond donors (Lipinski definition) is 0. The van der Waals surface area contributed by atoms with Crippen LogP contribution in [-0.2, 0) is 6.42 Å². The summed E-state index contributed by atoms with van der Waals surface area (Å²) in [5, 5.41) is 0. The molecule has 1 aromatic carbocycles. The zero-order valence-corrected chi connectivity index (χ0v) is 9.61. The minimum absolute atomic E-state index is 0.0856. The maximum Gasteiger partial charge on any atom is 0.172 e. The lowest BCUT2D eigenvalue weighted by atomic mass is 9.89. The fourth-order valence-electron chi connectivity index (χ4n) is 1.92. The van der Waals surface area contributed by atoms with Crippen molar-refractivity contribution >= 4 is 21.7 Å². The van der Waals surface area contributed by atoms with Gasteiger partial charge < -0.3 is 0 Å². The van der Waals surface area contributed by atoms with Crippen molar-refractivity contribution in [1.82, 2.24) is 0 Å². The predicted octanol–water partition coefficient (Wildman–Crippen LogP) is 3.35. The van der Waals surface area contributed by atoms with Crippen LogP contribution in [0.5, 0.6) is 0 Å². The van der Waals surface area contributed by atoms with E-state index >= 15 is 0 Å². The van der Waals surface area contributed by atoms with Crippen molar-refractivity contribution in [1.29, 1.82) is 0 Å². The average molecular weight is 257 g/mol. The van der Waals surface area contributed by atoms with Crippen LogP contribution in [0.4, 0.5) is 4.39 Å². The number of ketones is 1. The molecule has 2 rings (SSSR count). The molecular formula is C11H10BrFO. The van der Waals surface area contributed by atoms with Crippen LogP contribution < -0.4 is 0 Å². The summed E-state index contributed by atoms with van der Waals surface area (Å²) in [4.78, 5) is 11.8. The molecule has 0 radical (unpaired) electrons. The summed E-state index contributed by atoms with van der Waals surface area (Å²) in [5.41, 5.74) is 0.634. The van der Waals surface area contributed by atoms with E-state index in [9.17, 15) is 9.18 Å². The first-order chi connectivity index (χ1) is 6.42. The van der Waals surface area contributed by atoms with Gasteiger partial charge >= 0.3 is 0 Å². The van der Waals surface area contributed by atoms with Crippen molar-refractivity contribution < 1.29 is 9.18 Å². The van der Waals surface area contributed by atoms with Gasteiger partial charge in [-0.1, -0.05) is 29.8 Å². The number of fused-ring (bicyclic) bond motifs is 1. The topological polar surface area (TPSA) is 17.1 Å². The Morgan fingerprint density at radius 2 is 2.07 bits per heavy atom. The number of rotatable bonds is 0. The molecule has 0 fully saturated rings. The third kappa shape index (κ3) is 1.31. The van der Waals surface area contributed by atoms with E-state index in [1.54, 1.807) is 0 Å². The zero-order valence-electron chi connectivity index (χ0n) is 8.03. The lowest BCUT2D eigenvalue weighted by molar-refractivity contribution is 0.0860. The summed E-state index contributed by atoms with van der Waals surface area (Å²) >= 11 is 3.22. The highest BCUT2D eigenvalue weighted by Crippen LogP contribution is 2.38. The van der Waals surface area contributed by atoms with E-state index in [1.807, 2.05) is 19.9 Å². The molecule has 3 heteroatoms. The molecule has 1 aliphatic rings. The van der Waals surface area contributed by atoms with Crippen LogP contribution in [0.25, 0.3) is 0 Å². The minimum atomic E-state index is -0.454. The maximum atomic E-state index is 13.5. The van der Waals surface area contributed by atoms with E-state index in [1.165, 1.54) is 6.07 Å². The Hall–Kier alpha value is -0.700. The van der Waals surface area contributed by atoms with Crippen molar-refractivity contribution in [3.63, 3.8) is 0 Å². The van der Waals surface area contributed by atoms with Crippen LogP contribution in [0.1, 0.15) is 29.8 Å². The van der Waals surface area contributed by atoms with Crippen LogP contribution in [0, 0.1) is 11.2 Å². The average Bonchev–Trinajstić information content (AvgIpc) is 2.21. The molecule has 0 bridgehead atoms. The summed E-state index contributed by atoms with van der Waals surface area (Å²) in [6.45, 7) is 3.70. The van der Waals surface area contributed by atoms with Crippen LogP contribution in [-0.4, -0.2) is 5.78 Å². The van der Waals surface area contributed by atoms with Crippen LogP contribution in [0.15, 0.2) is 16.6 Å². The van der Waals surface area contributed by atoms with E-state index in [0.29, 0.717) is 10.9 Å². The van der Waals surface area contributed by atoms with Gasteiger partial charge in [0, 0.05) is 9.89 Å². The second-order valence-electron chi connectivity index (χ2n) is 4.31. The molecule has 0 atom stereocenters. The van der Waals surface area contributed by atoms with Gasteiger partial charge in [0.1, 0.15) is 5.82 Å². The Labute approximate surface area is 90.4 Å². The second kappa shape index (κ2) is 2.89. The van der Waals surface area contributed by atoms with E-state index in [2.05, 4.69) is 15.9 Å². The Bertz CT molecular complexity index is 424. The number of hydrogen-bond acceptors (Lipinski definition) is 1. The fourth-order valence-corrected chi connectivity index (χ4v) is 2.39. The molecule has 1 aliphatic carbocycles. The van der Waals surface area contributed by atoms with Crippen LogP contribution in [0.2, 0.25) is 0 Å². The molecule has 1 nitrogen and oxygen atoms in total. The summed E-state index contributed by atoms with van der Waals surface area (Å²) in [7, 11) is 0. The summed E-state index contributed by atoms with van der Waals surface area (Å²) in [5.74, 6) is -0.498. The molecule has 0 heterocycles. The van der Waals surface area contributed by atoms with Gasteiger partial charge in [-0.3, -0.25) is 4.79 Å². The smallest absolute Gasteiger partial charge is 0.172 e. The molecule has 74 valence electrons. The summed E-state index contributed by atoms with van der Waals surface area (Å²) < 4.78 is 14.2. The van der Waals surface area contributed by atoms with Gasteiger partial charge in [0.05, 0.1) is 5.56 Å². The normalized spacial score (nSPS) is 18.4. The molecule has 14 heavy (non-hydrogen) atoms. The summed E-state index contributed by atoms with van der Waals surface area (Å²) in [6, 6.07) is 3.17. The Balaban J connectivity index is 2.66. The van der Waals surface area contributed by atoms with E-state index in [4.69, 9.17) is 0 Å². The second-order valence-corrected chi connectivity index (χ2v) is 5.23. The fraction of sp³-hybridized carbons (Fsp3) is 0.364. The number of Topliss-reactive ketones (excluding diaryl/α,β-unsaturated/α-hetero) is 1. The third-order valence-corrected chi connectivity index (χ3v) is 3.07. The Morgan fingerprint density at radius 1 is 1.43 bits per heavy atom. The van der Waals surface area contributed by atoms with Crippen molar-refractivity contribution in [2.45, 2.75) is 20.3 Å². The Morgan fingerprint density at radius 3 is 2.71 bits per heavy atom. The van der Waals surface area contributed by atoms with E-state index in [0.717, 1.165) is 5.56 Å². The van der Waals surface area contributed by atoms with Gasteiger partial charge in [-0.25, -0.2) is 4.39 Å². The summed E-state index contributed by atoms with van der Waals surface area (Å²) in [6.07, 6.45) is 0.623. The molecule has 0 spiro atoms. The molecule has 0 amide bonds. The Kier molecular flexibility index (Phi) is 2.03. The highest BCUT2D eigenvalue weighted by molar-refractivity contribution is 9.10. The zero-order chi connectivity index (χ0) is 10.5. The lowest BCUT2D eigenvalue weighted by Crippen LogP contribution is -2.19. The van der Waals surface area contributed by atoms with Gasteiger partial charge in [-0.05, 0) is 24.1 Å². The van der Waals surface area contributed by atoms with Gasteiger partial charge in [0.25, 0.3) is 0 Å². The van der Waals surface area contributed by atoms with Crippen LogP contribution >= 0.6 is 15.9 Å². The minimum Gasteiger partial charge on any atom is -0.293 e. The van der Waals surface area contributed by atoms with Gasteiger partial charge in [0.15, 0.2) is 5.78 Å². The molecule has 0 saturated carbocycles.